The van der Waals surface area contributed by atoms with Gasteiger partial charge in [0.25, 0.3) is 5.91 Å². The zero-order valence-electron chi connectivity index (χ0n) is 15.5. The van der Waals surface area contributed by atoms with E-state index in [0.29, 0.717) is 6.54 Å². The molecule has 0 saturated heterocycles. The van der Waals surface area contributed by atoms with Crippen molar-refractivity contribution >= 4 is 40.3 Å². The van der Waals surface area contributed by atoms with E-state index in [2.05, 4.69) is 22.6 Å². The zero-order chi connectivity index (χ0) is 19.2. The van der Waals surface area contributed by atoms with Gasteiger partial charge in [-0.25, -0.2) is 0 Å². The molecule has 3 heteroatoms. The fourth-order valence-corrected chi connectivity index (χ4v) is 3.60. The van der Waals surface area contributed by atoms with Gasteiger partial charge in [-0.1, -0.05) is 66.7 Å². The molecule has 3 aromatic carbocycles. The molecule has 2 nitrogen and oxygen atoms in total. The SMILES string of the molecule is [2H]/C(=C\c1ccccc1)C(=O)N(Cc1ccccc1)c1ccc(C)cc1I. The molecule has 0 aromatic heterocycles. The Kier molecular flexibility index (Phi) is 5.77. The lowest BCUT2D eigenvalue weighted by atomic mass is 10.1. The van der Waals surface area contributed by atoms with Gasteiger partial charge in [0.15, 0.2) is 0 Å². The second-order valence-electron chi connectivity index (χ2n) is 6.03. The Morgan fingerprint density at radius 3 is 2.35 bits per heavy atom. The molecular formula is C23H20INO. The topological polar surface area (TPSA) is 20.3 Å². The molecule has 0 saturated carbocycles. The summed E-state index contributed by atoms with van der Waals surface area (Å²) in [6.07, 6.45) is 1.61. The van der Waals surface area contributed by atoms with Crippen LogP contribution in [0.25, 0.3) is 6.08 Å². The van der Waals surface area contributed by atoms with E-state index >= 15 is 0 Å². The predicted molar refractivity (Wildman–Crippen MR) is 117 cm³/mol. The maximum Gasteiger partial charge on any atom is 0.251 e. The minimum absolute atomic E-state index is 0.0338. The monoisotopic (exact) mass is 454 g/mol. The van der Waals surface area contributed by atoms with Gasteiger partial charge < -0.3 is 4.90 Å². The number of benzene rings is 3. The number of nitrogens with zero attached hydrogens (tertiary/aromatic N) is 1. The van der Waals surface area contributed by atoms with Gasteiger partial charge in [-0.05, 0) is 64.4 Å². The van der Waals surface area contributed by atoms with Crippen LogP contribution >= 0.6 is 22.6 Å². The molecule has 130 valence electrons. The number of carbonyl (C=O) groups is 1. The number of hydrogen-bond acceptors (Lipinski definition) is 1. The molecule has 0 aliphatic carbocycles. The van der Waals surface area contributed by atoms with Gasteiger partial charge in [-0.3, -0.25) is 4.79 Å². The first kappa shape index (κ1) is 17.0. The van der Waals surface area contributed by atoms with Crippen LogP contribution in [0.2, 0.25) is 0 Å². The van der Waals surface area contributed by atoms with Gasteiger partial charge in [0.2, 0.25) is 0 Å². The maximum atomic E-state index is 13.2. The summed E-state index contributed by atoms with van der Waals surface area (Å²) >= 11 is 2.25. The van der Waals surface area contributed by atoms with Gasteiger partial charge in [0.1, 0.15) is 0 Å². The Morgan fingerprint density at radius 2 is 1.69 bits per heavy atom. The predicted octanol–water partition coefficient (Wildman–Crippen LogP) is 5.85. The molecule has 3 rings (SSSR count). The van der Waals surface area contributed by atoms with Crippen molar-refractivity contribution in [2.24, 2.45) is 0 Å². The largest absolute Gasteiger partial charge is 0.303 e. The molecule has 0 atom stereocenters. The second kappa shape index (κ2) is 8.81. The van der Waals surface area contributed by atoms with Gasteiger partial charge in [-0.15, -0.1) is 0 Å². The van der Waals surface area contributed by atoms with Crippen LogP contribution in [0.4, 0.5) is 5.69 Å². The quantitative estimate of drug-likeness (QED) is 0.350. The Hall–Kier alpha value is -2.40. The van der Waals surface area contributed by atoms with Crippen molar-refractivity contribution < 1.29 is 6.17 Å². The molecule has 1 amide bonds. The lowest BCUT2D eigenvalue weighted by Gasteiger charge is -2.23. The van der Waals surface area contributed by atoms with E-state index in [4.69, 9.17) is 1.37 Å². The van der Waals surface area contributed by atoms with Crippen LogP contribution in [-0.2, 0) is 11.3 Å². The molecule has 0 radical (unpaired) electrons. The molecule has 0 N–H and O–H groups in total. The van der Waals surface area contributed by atoms with Crippen molar-refractivity contribution in [1.82, 2.24) is 0 Å². The molecule has 3 aromatic rings. The van der Waals surface area contributed by atoms with Crippen LogP contribution in [-0.4, -0.2) is 5.91 Å². The van der Waals surface area contributed by atoms with Crippen LogP contribution in [0.3, 0.4) is 0 Å². The summed E-state index contributed by atoms with van der Waals surface area (Å²) in [5, 5.41) is 0. The average molecular weight is 454 g/mol. The van der Waals surface area contributed by atoms with E-state index in [1.165, 1.54) is 0 Å². The Bertz CT molecular complexity index is 955. The number of amides is 1. The molecule has 0 fully saturated rings. The first-order chi connectivity index (χ1) is 13.0. The highest BCUT2D eigenvalue weighted by Crippen LogP contribution is 2.26. The molecule has 0 unspecified atom stereocenters. The first-order valence-corrected chi connectivity index (χ1v) is 9.48. The lowest BCUT2D eigenvalue weighted by Crippen LogP contribution is -2.29. The van der Waals surface area contributed by atoms with Crippen LogP contribution in [0.15, 0.2) is 84.9 Å². The van der Waals surface area contributed by atoms with Crippen LogP contribution < -0.4 is 4.90 Å². The number of rotatable bonds is 5. The van der Waals surface area contributed by atoms with Crippen molar-refractivity contribution in [3.8, 4) is 0 Å². The van der Waals surface area contributed by atoms with Crippen LogP contribution in [0, 0.1) is 10.5 Å². The Labute approximate surface area is 169 Å². The van der Waals surface area contributed by atoms with Gasteiger partial charge >= 0.3 is 0 Å². The Balaban J connectivity index is 1.98. The summed E-state index contributed by atoms with van der Waals surface area (Å²) in [5.41, 5.74) is 3.83. The van der Waals surface area contributed by atoms with Crippen molar-refractivity contribution in [1.29, 1.82) is 0 Å². The molecule has 26 heavy (non-hydrogen) atoms. The summed E-state index contributed by atoms with van der Waals surface area (Å²) < 4.78 is 9.33. The summed E-state index contributed by atoms with van der Waals surface area (Å²) in [7, 11) is 0. The number of halogens is 1. The summed E-state index contributed by atoms with van der Waals surface area (Å²) in [6.45, 7) is 2.45. The van der Waals surface area contributed by atoms with E-state index in [-0.39, 0.29) is 12.0 Å². The zero-order valence-corrected chi connectivity index (χ0v) is 16.7. The van der Waals surface area contributed by atoms with Crippen molar-refractivity contribution in [2.75, 3.05) is 4.90 Å². The number of anilines is 1. The molecule has 0 aliphatic rings. The smallest absolute Gasteiger partial charge is 0.251 e. The highest BCUT2D eigenvalue weighted by molar-refractivity contribution is 14.1. The Morgan fingerprint density at radius 1 is 1.04 bits per heavy atom. The van der Waals surface area contributed by atoms with Gasteiger partial charge in [-0.2, -0.15) is 0 Å². The maximum absolute atomic E-state index is 13.2. The van der Waals surface area contributed by atoms with Gasteiger partial charge in [0, 0.05) is 9.62 Å². The number of aryl methyl sites for hydroxylation is 1. The van der Waals surface area contributed by atoms with Crippen molar-refractivity contribution in [2.45, 2.75) is 13.5 Å². The van der Waals surface area contributed by atoms with E-state index in [0.717, 1.165) is 25.9 Å². The number of carbonyl (C=O) groups excluding carboxylic acids is 1. The standard InChI is InChI=1S/C23H20INO/c1-18-12-14-22(21(24)16-18)25(17-20-10-6-3-7-11-20)23(26)15-13-19-8-4-2-5-9-19/h2-16H,17H2,1H3/b15-13+/i15D. The van der Waals surface area contributed by atoms with Gasteiger partial charge in [0.05, 0.1) is 13.6 Å². The van der Waals surface area contributed by atoms with Crippen molar-refractivity contribution in [3.63, 3.8) is 0 Å². The highest BCUT2D eigenvalue weighted by Gasteiger charge is 2.16. The average Bonchev–Trinajstić information content (AvgIpc) is 2.68. The molecule has 0 spiro atoms. The second-order valence-corrected chi connectivity index (χ2v) is 7.19. The molecule has 0 bridgehead atoms. The van der Waals surface area contributed by atoms with E-state index in [1.54, 1.807) is 11.0 Å². The molecular weight excluding hydrogens is 433 g/mol. The minimum atomic E-state index is -0.315. The van der Waals surface area contributed by atoms with Crippen molar-refractivity contribution in [3.05, 3.63) is 105 Å². The highest BCUT2D eigenvalue weighted by atomic mass is 127. The third kappa shape index (κ3) is 4.82. The normalized spacial score (nSPS) is 11.8. The third-order valence-electron chi connectivity index (χ3n) is 3.98. The van der Waals surface area contributed by atoms with E-state index in [1.807, 2.05) is 85.8 Å². The van der Waals surface area contributed by atoms with Crippen LogP contribution in [0.5, 0.6) is 0 Å². The van der Waals surface area contributed by atoms with Crippen LogP contribution in [0.1, 0.15) is 18.1 Å². The molecule has 0 aliphatic heterocycles. The summed E-state index contributed by atoms with van der Waals surface area (Å²) in [6, 6.07) is 25.3. The molecule has 0 heterocycles. The summed E-state index contributed by atoms with van der Waals surface area (Å²) in [4.78, 5) is 14.8. The number of hydrogen-bond donors (Lipinski definition) is 0. The van der Waals surface area contributed by atoms with E-state index in [9.17, 15) is 4.79 Å². The fraction of sp³-hybridized carbons (Fsp3) is 0.0870. The third-order valence-corrected chi connectivity index (χ3v) is 4.85. The minimum Gasteiger partial charge on any atom is -0.303 e. The van der Waals surface area contributed by atoms with E-state index < -0.39 is 0 Å². The first-order valence-electron chi connectivity index (χ1n) is 8.90. The fourth-order valence-electron chi connectivity index (χ4n) is 2.64. The lowest BCUT2D eigenvalue weighted by molar-refractivity contribution is -0.114. The summed E-state index contributed by atoms with van der Waals surface area (Å²) in [5.74, 6) is -0.315.